The molecular weight excluding hydrogens is 312 g/mol. The lowest BCUT2D eigenvalue weighted by molar-refractivity contribution is -0.135. The van der Waals surface area contributed by atoms with Crippen molar-refractivity contribution in [1.29, 1.82) is 0 Å². The molecule has 1 aromatic rings. The van der Waals surface area contributed by atoms with Crippen LogP contribution in [0.5, 0.6) is 5.75 Å². The van der Waals surface area contributed by atoms with E-state index >= 15 is 0 Å². The fourth-order valence-electron chi connectivity index (χ4n) is 4.68. The second kappa shape index (κ2) is 8.22. The average Bonchev–Trinajstić information content (AvgIpc) is 3.11. The first-order valence-electron chi connectivity index (χ1n) is 9.79. The molecule has 1 amide bonds. The smallest absolute Gasteiger partial charge is 0.223 e. The number of ether oxygens (including phenoxy) is 1. The Balaban J connectivity index is 1.67. The van der Waals surface area contributed by atoms with Gasteiger partial charge in [0.2, 0.25) is 5.91 Å². The van der Waals surface area contributed by atoms with Crippen LogP contribution in [0, 0.1) is 5.41 Å². The van der Waals surface area contributed by atoms with Crippen molar-refractivity contribution >= 4 is 5.91 Å². The van der Waals surface area contributed by atoms with Crippen LogP contribution in [0.25, 0.3) is 0 Å². The summed E-state index contributed by atoms with van der Waals surface area (Å²) in [5, 5.41) is 0. The third-order valence-corrected chi connectivity index (χ3v) is 6.22. The van der Waals surface area contributed by atoms with Crippen molar-refractivity contribution in [3.05, 3.63) is 29.8 Å². The highest BCUT2D eigenvalue weighted by atomic mass is 16.5. The number of likely N-dealkylation sites (tertiary alicyclic amines) is 1. The molecule has 138 valence electrons. The predicted octanol–water partition coefficient (Wildman–Crippen LogP) is 3.53. The Morgan fingerprint density at radius 1 is 1.24 bits per heavy atom. The molecule has 4 heteroatoms. The van der Waals surface area contributed by atoms with Crippen LogP contribution < -0.4 is 10.5 Å². The summed E-state index contributed by atoms with van der Waals surface area (Å²) < 4.78 is 5.49. The lowest BCUT2D eigenvalue weighted by Crippen LogP contribution is -2.43. The molecule has 4 nitrogen and oxygen atoms in total. The molecule has 0 bridgehead atoms. The predicted molar refractivity (Wildman–Crippen MR) is 101 cm³/mol. The first-order valence-corrected chi connectivity index (χ1v) is 9.79. The number of methoxy groups -OCH3 is 1. The number of rotatable bonds is 6. The molecule has 1 saturated heterocycles. The molecule has 1 unspecified atom stereocenters. The quantitative estimate of drug-likeness (QED) is 0.859. The maximum Gasteiger partial charge on any atom is 0.223 e. The van der Waals surface area contributed by atoms with E-state index in [0.717, 1.165) is 44.4 Å². The average molecular weight is 344 g/mol. The van der Waals surface area contributed by atoms with Crippen LogP contribution in [-0.2, 0) is 11.2 Å². The van der Waals surface area contributed by atoms with E-state index in [4.69, 9.17) is 10.5 Å². The Hall–Kier alpha value is -1.55. The van der Waals surface area contributed by atoms with Gasteiger partial charge in [-0.2, -0.15) is 0 Å². The minimum atomic E-state index is 0.0485. The van der Waals surface area contributed by atoms with E-state index in [1.807, 2.05) is 18.2 Å². The fraction of sp³-hybridized carbons (Fsp3) is 0.667. The Morgan fingerprint density at radius 3 is 2.72 bits per heavy atom. The summed E-state index contributed by atoms with van der Waals surface area (Å²) >= 11 is 0. The summed E-state index contributed by atoms with van der Waals surface area (Å²) in [6.07, 6.45) is 9.64. The third-order valence-electron chi connectivity index (χ3n) is 6.22. The Labute approximate surface area is 151 Å². The second-order valence-electron chi connectivity index (χ2n) is 7.84. The molecule has 1 heterocycles. The Bertz CT molecular complexity index is 581. The summed E-state index contributed by atoms with van der Waals surface area (Å²) in [5.41, 5.74) is 7.34. The van der Waals surface area contributed by atoms with Gasteiger partial charge in [-0.3, -0.25) is 4.79 Å². The maximum absolute atomic E-state index is 13.1. The Morgan fingerprint density at radius 2 is 2.00 bits per heavy atom. The van der Waals surface area contributed by atoms with Crippen molar-refractivity contribution in [2.45, 2.75) is 63.8 Å². The molecule has 1 aliphatic carbocycles. The van der Waals surface area contributed by atoms with Crippen LogP contribution in [0.2, 0.25) is 0 Å². The van der Waals surface area contributed by atoms with Crippen molar-refractivity contribution in [3.8, 4) is 5.75 Å². The second-order valence-corrected chi connectivity index (χ2v) is 7.84. The molecule has 25 heavy (non-hydrogen) atoms. The SMILES string of the molecule is COc1ccccc1CC1CCCN1C(=O)CC1(CN)CCCCC1. The molecule has 2 N–H and O–H groups in total. The molecule has 1 saturated carbocycles. The van der Waals surface area contributed by atoms with Crippen LogP contribution in [0.4, 0.5) is 0 Å². The molecule has 1 aromatic carbocycles. The fourth-order valence-corrected chi connectivity index (χ4v) is 4.68. The molecular formula is C21H32N2O2. The number of carbonyl (C=O) groups excluding carboxylic acids is 1. The number of nitrogens with two attached hydrogens (primary N) is 1. The zero-order valence-corrected chi connectivity index (χ0v) is 15.5. The number of nitrogens with zero attached hydrogens (tertiary/aromatic N) is 1. The summed E-state index contributed by atoms with van der Waals surface area (Å²) in [6, 6.07) is 8.45. The van der Waals surface area contributed by atoms with Crippen molar-refractivity contribution in [1.82, 2.24) is 4.90 Å². The lowest BCUT2D eigenvalue weighted by atomic mass is 9.71. The van der Waals surface area contributed by atoms with E-state index in [0.29, 0.717) is 24.9 Å². The van der Waals surface area contributed by atoms with E-state index in [1.54, 1.807) is 7.11 Å². The Kier molecular flexibility index (Phi) is 6.00. The molecule has 1 atom stereocenters. The van der Waals surface area contributed by atoms with Crippen molar-refractivity contribution in [3.63, 3.8) is 0 Å². The van der Waals surface area contributed by atoms with Crippen molar-refractivity contribution in [2.75, 3.05) is 20.2 Å². The molecule has 2 aliphatic rings. The maximum atomic E-state index is 13.1. The molecule has 0 radical (unpaired) electrons. The number of carbonyl (C=O) groups is 1. The number of benzene rings is 1. The molecule has 1 aliphatic heterocycles. The van der Waals surface area contributed by atoms with Gasteiger partial charge in [-0.1, -0.05) is 37.5 Å². The number of amides is 1. The third kappa shape index (κ3) is 4.17. The van der Waals surface area contributed by atoms with Gasteiger partial charge in [-0.05, 0) is 55.7 Å². The molecule has 3 rings (SSSR count). The van der Waals surface area contributed by atoms with Crippen LogP contribution in [0.15, 0.2) is 24.3 Å². The minimum Gasteiger partial charge on any atom is -0.496 e. The van der Waals surface area contributed by atoms with Crippen molar-refractivity contribution < 1.29 is 9.53 Å². The van der Waals surface area contributed by atoms with Gasteiger partial charge in [0.1, 0.15) is 5.75 Å². The summed E-state index contributed by atoms with van der Waals surface area (Å²) in [5.74, 6) is 1.23. The van der Waals surface area contributed by atoms with Gasteiger partial charge in [-0.25, -0.2) is 0 Å². The van der Waals surface area contributed by atoms with Gasteiger partial charge in [0.15, 0.2) is 0 Å². The summed E-state index contributed by atoms with van der Waals surface area (Å²) in [6.45, 7) is 1.53. The van der Waals surface area contributed by atoms with Gasteiger partial charge in [0.25, 0.3) is 0 Å². The van der Waals surface area contributed by atoms with Gasteiger partial charge in [-0.15, -0.1) is 0 Å². The first-order chi connectivity index (χ1) is 12.2. The summed E-state index contributed by atoms with van der Waals surface area (Å²) in [4.78, 5) is 15.2. The molecule has 2 fully saturated rings. The van der Waals surface area contributed by atoms with Gasteiger partial charge in [0.05, 0.1) is 7.11 Å². The lowest BCUT2D eigenvalue weighted by Gasteiger charge is -2.37. The van der Waals surface area contributed by atoms with Crippen LogP contribution in [0.1, 0.15) is 56.9 Å². The van der Waals surface area contributed by atoms with Gasteiger partial charge in [0, 0.05) is 19.0 Å². The highest BCUT2D eigenvalue weighted by molar-refractivity contribution is 5.77. The molecule has 0 aromatic heterocycles. The highest BCUT2D eigenvalue weighted by Gasteiger charge is 2.37. The number of para-hydroxylation sites is 1. The first kappa shape index (κ1) is 18.2. The van der Waals surface area contributed by atoms with Crippen molar-refractivity contribution in [2.24, 2.45) is 11.1 Å². The monoisotopic (exact) mass is 344 g/mol. The van der Waals surface area contributed by atoms with Crippen LogP contribution in [-0.4, -0.2) is 37.0 Å². The van der Waals surface area contributed by atoms with E-state index < -0.39 is 0 Å². The molecule has 0 spiro atoms. The standard InChI is InChI=1S/C21H32N2O2/c1-25-19-10-4-3-8-17(19)14-18-9-7-13-23(18)20(24)15-21(16-22)11-5-2-6-12-21/h3-4,8,10,18H,2,5-7,9,11-16,22H2,1H3. The topological polar surface area (TPSA) is 55.6 Å². The van der Waals surface area contributed by atoms with E-state index in [1.165, 1.54) is 24.8 Å². The summed E-state index contributed by atoms with van der Waals surface area (Å²) in [7, 11) is 1.71. The van der Waals surface area contributed by atoms with Gasteiger partial charge < -0.3 is 15.4 Å². The normalized spacial score (nSPS) is 22.8. The minimum absolute atomic E-state index is 0.0485. The highest BCUT2D eigenvalue weighted by Crippen LogP contribution is 2.39. The number of hydrogen-bond acceptors (Lipinski definition) is 3. The van der Waals surface area contributed by atoms with E-state index in [-0.39, 0.29) is 5.41 Å². The van der Waals surface area contributed by atoms with E-state index in [9.17, 15) is 4.79 Å². The zero-order valence-electron chi connectivity index (χ0n) is 15.5. The number of hydrogen-bond donors (Lipinski definition) is 1. The zero-order chi connectivity index (χ0) is 17.7. The van der Waals surface area contributed by atoms with E-state index in [2.05, 4.69) is 11.0 Å². The van der Waals surface area contributed by atoms with Crippen LogP contribution >= 0.6 is 0 Å². The van der Waals surface area contributed by atoms with Crippen LogP contribution in [0.3, 0.4) is 0 Å². The van der Waals surface area contributed by atoms with Gasteiger partial charge >= 0.3 is 0 Å². The largest absolute Gasteiger partial charge is 0.496 e.